The molecular formula is C20H22N6O2S. The Morgan fingerprint density at radius 2 is 2.03 bits per heavy atom. The number of ether oxygens (including phenoxy) is 1. The topological polar surface area (TPSA) is 96.0 Å². The van der Waals surface area contributed by atoms with Crippen molar-refractivity contribution in [2.24, 2.45) is 5.92 Å². The van der Waals surface area contributed by atoms with Crippen LogP contribution in [0.3, 0.4) is 0 Å². The summed E-state index contributed by atoms with van der Waals surface area (Å²) in [7, 11) is 0. The van der Waals surface area contributed by atoms with Gasteiger partial charge in [0.15, 0.2) is 11.0 Å². The van der Waals surface area contributed by atoms with Gasteiger partial charge in [0.1, 0.15) is 23.7 Å². The largest absolute Gasteiger partial charge is 0.494 e. The molecular weight excluding hydrogens is 388 g/mol. The summed E-state index contributed by atoms with van der Waals surface area (Å²) < 4.78 is 5.50. The first-order chi connectivity index (χ1) is 14.1. The minimum Gasteiger partial charge on any atom is -0.494 e. The van der Waals surface area contributed by atoms with E-state index < -0.39 is 0 Å². The summed E-state index contributed by atoms with van der Waals surface area (Å²) >= 11 is 1.47. The molecule has 0 bridgehead atoms. The van der Waals surface area contributed by atoms with Crippen molar-refractivity contribution in [1.82, 2.24) is 20.2 Å². The molecule has 3 aromatic rings. The van der Waals surface area contributed by atoms with Crippen LogP contribution in [0, 0.1) is 12.8 Å². The van der Waals surface area contributed by atoms with Crippen molar-refractivity contribution in [2.75, 3.05) is 29.9 Å². The van der Waals surface area contributed by atoms with Gasteiger partial charge in [-0.3, -0.25) is 5.10 Å². The van der Waals surface area contributed by atoms with Crippen molar-refractivity contribution in [3.63, 3.8) is 0 Å². The molecule has 0 atom stereocenters. The number of aromatic amines is 1. The molecule has 8 nitrogen and oxygen atoms in total. The Balaban J connectivity index is 1.57. The lowest BCUT2D eigenvalue weighted by Gasteiger charge is -2.37. The van der Waals surface area contributed by atoms with Crippen LogP contribution in [0.4, 0.5) is 17.5 Å². The highest BCUT2D eigenvalue weighted by Crippen LogP contribution is 2.31. The fourth-order valence-corrected chi connectivity index (χ4v) is 3.73. The van der Waals surface area contributed by atoms with Crippen molar-refractivity contribution >= 4 is 35.5 Å². The van der Waals surface area contributed by atoms with E-state index in [0.29, 0.717) is 36.5 Å². The molecule has 1 saturated heterocycles. The molecule has 29 heavy (non-hydrogen) atoms. The summed E-state index contributed by atoms with van der Waals surface area (Å²) in [6, 6.07) is 11.6. The van der Waals surface area contributed by atoms with Crippen LogP contribution in [0.5, 0.6) is 5.75 Å². The Labute approximate surface area is 173 Å². The van der Waals surface area contributed by atoms with E-state index in [1.165, 1.54) is 11.8 Å². The number of aldehydes is 1. The number of nitrogens with one attached hydrogen (secondary N) is 2. The molecule has 1 aromatic carbocycles. The van der Waals surface area contributed by atoms with E-state index in [9.17, 15) is 4.79 Å². The number of anilines is 3. The van der Waals surface area contributed by atoms with Crippen molar-refractivity contribution < 1.29 is 9.53 Å². The molecule has 2 aromatic heterocycles. The van der Waals surface area contributed by atoms with Crippen LogP contribution in [-0.2, 0) is 4.79 Å². The van der Waals surface area contributed by atoms with Gasteiger partial charge >= 0.3 is 0 Å². The van der Waals surface area contributed by atoms with Crippen LogP contribution in [0.15, 0.2) is 46.5 Å². The second-order valence-electron chi connectivity index (χ2n) is 6.76. The molecule has 150 valence electrons. The minimum atomic E-state index is 0.0672. The van der Waals surface area contributed by atoms with Crippen LogP contribution in [-0.4, -0.2) is 46.1 Å². The van der Waals surface area contributed by atoms with E-state index in [1.54, 1.807) is 0 Å². The van der Waals surface area contributed by atoms with E-state index in [0.717, 1.165) is 28.4 Å². The highest BCUT2D eigenvalue weighted by atomic mass is 32.2. The Bertz CT molecular complexity index is 985. The quantitative estimate of drug-likeness (QED) is 0.431. The third kappa shape index (κ3) is 4.68. The standard InChI is InChI=1S/C20H22N6O2S/c1-3-28-15-4-6-16(7-5-15)29-20-22-17(21-18-8-13(2)24-25-18)9-19(23-20)26-10-14(11-26)12-27/h4-9,12,14H,3,10-11H2,1-2H3,(H2,21,22,23,24,25). The average molecular weight is 411 g/mol. The molecule has 0 unspecified atom stereocenters. The van der Waals surface area contributed by atoms with Gasteiger partial charge in [-0.2, -0.15) is 5.10 Å². The Kier molecular flexibility index (Phi) is 5.66. The number of carbonyl (C=O) groups excluding carboxylic acids is 1. The summed E-state index contributed by atoms with van der Waals surface area (Å²) in [6.45, 7) is 5.89. The number of carbonyl (C=O) groups is 1. The van der Waals surface area contributed by atoms with Gasteiger partial charge in [-0.25, -0.2) is 9.97 Å². The number of hydrogen-bond acceptors (Lipinski definition) is 8. The molecule has 1 aliphatic rings. The first kappa shape index (κ1) is 19.3. The predicted octanol–water partition coefficient (Wildman–Crippen LogP) is 3.44. The van der Waals surface area contributed by atoms with E-state index in [2.05, 4.69) is 30.4 Å². The van der Waals surface area contributed by atoms with E-state index in [-0.39, 0.29) is 5.92 Å². The molecule has 1 fully saturated rings. The molecule has 0 radical (unpaired) electrons. The fourth-order valence-electron chi connectivity index (χ4n) is 2.96. The van der Waals surface area contributed by atoms with Crippen molar-refractivity contribution in [3.8, 4) is 5.75 Å². The lowest BCUT2D eigenvalue weighted by atomic mass is 10.0. The Hall–Kier alpha value is -3.07. The number of nitrogens with zero attached hydrogens (tertiary/aromatic N) is 4. The second-order valence-corrected chi connectivity index (χ2v) is 7.80. The number of aryl methyl sites for hydroxylation is 1. The molecule has 0 spiro atoms. The lowest BCUT2D eigenvalue weighted by Crippen LogP contribution is -2.48. The Morgan fingerprint density at radius 1 is 1.24 bits per heavy atom. The first-order valence-corrected chi connectivity index (χ1v) is 10.2. The maximum atomic E-state index is 11.0. The van der Waals surface area contributed by atoms with Gasteiger partial charge in [-0.05, 0) is 49.9 Å². The number of rotatable bonds is 8. The predicted molar refractivity (Wildman–Crippen MR) is 112 cm³/mol. The summed E-state index contributed by atoms with van der Waals surface area (Å²) in [6.07, 6.45) is 0.999. The summed E-state index contributed by atoms with van der Waals surface area (Å²) in [5, 5.41) is 11.0. The molecule has 0 saturated carbocycles. The van der Waals surface area contributed by atoms with Crippen molar-refractivity contribution in [1.29, 1.82) is 0 Å². The summed E-state index contributed by atoms with van der Waals surface area (Å²) in [4.78, 5) is 23.4. The smallest absolute Gasteiger partial charge is 0.196 e. The molecule has 0 aliphatic carbocycles. The summed E-state index contributed by atoms with van der Waals surface area (Å²) in [5.41, 5.74) is 0.960. The monoisotopic (exact) mass is 410 g/mol. The number of aromatic nitrogens is 4. The van der Waals surface area contributed by atoms with Gasteiger partial charge in [0.25, 0.3) is 0 Å². The van der Waals surface area contributed by atoms with Gasteiger partial charge < -0.3 is 19.7 Å². The van der Waals surface area contributed by atoms with Crippen LogP contribution < -0.4 is 15.0 Å². The third-order valence-electron chi connectivity index (χ3n) is 4.42. The van der Waals surface area contributed by atoms with E-state index in [4.69, 9.17) is 4.74 Å². The van der Waals surface area contributed by atoms with Crippen LogP contribution in [0.1, 0.15) is 12.6 Å². The zero-order valence-corrected chi connectivity index (χ0v) is 17.1. The Morgan fingerprint density at radius 3 is 2.69 bits per heavy atom. The fraction of sp³-hybridized carbons (Fsp3) is 0.300. The molecule has 2 N–H and O–H groups in total. The summed E-state index contributed by atoms with van der Waals surface area (Å²) in [5.74, 6) is 3.05. The van der Waals surface area contributed by atoms with Crippen LogP contribution in [0.2, 0.25) is 0 Å². The molecule has 9 heteroatoms. The number of hydrogen-bond donors (Lipinski definition) is 2. The van der Waals surface area contributed by atoms with Gasteiger partial charge in [-0.15, -0.1) is 0 Å². The molecule has 1 aliphatic heterocycles. The van der Waals surface area contributed by atoms with Gasteiger partial charge in [0.05, 0.1) is 6.61 Å². The van der Waals surface area contributed by atoms with Gasteiger partial charge in [-0.1, -0.05) is 0 Å². The van der Waals surface area contributed by atoms with Crippen LogP contribution >= 0.6 is 11.8 Å². The number of benzene rings is 1. The molecule has 0 amide bonds. The SMILES string of the molecule is CCOc1ccc(Sc2nc(Nc3cc(C)[nH]n3)cc(N3CC(C=O)C3)n2)cc1. The van der Waals surface area contributed by atoms with Crippen molar-refractivity contribution in [2.45, 2.75) is 23.9 Å². The average Bonchev–Trinajstić information content (AvgIpc) is 3.07. The molecule has 4 rings (SSSR count). The van der Waals surface area contributed by atoms with Gasteiger partial charge in [0, 0.05) is 41.7 Å². The highest BCUT2D eigenvalue weighted by Gasteiger charge is 2.28. The zero-order chi connectivity index (χ0) is 20.2. The van der Waals surface area contributed by atoms with E-state index in [1.807, 2.05) is 50.2 Å². The highest BCUT2D eigenvalue weighted by molar-refractivity contribution is 7.99. The first-order valence-electron chi connectivity index (χ1n) is 9.42. The number of H-pyrrole nitrogens is 1. The minimum absolute atomic E-state index is 0.0672. The maximum absolute atomic E-state index is 11.0. The molecule has 3 heterocycles. The van der Waals surface area contributed by atoms with Crippen molar-refractivity contribution in [3.05, 3.63) is 42.1 Å². The van der Waals surface area contributed by atoms with Gasteiger partial charge in [0.2, 0.25) is 0 Å². The normalized spacial score (nSPS) is 13.8. The third-order valence-corrected chi connectivity index (χ3v) is 5.30. The lowest BCUT2D eigenvalue weighted by molar-refractivity contribution is -0.111. The second kappa shape index (κ2) is 8.52. The van der Waals surface area contributed by atoms with E-state index >= 15 is 0 Å². The van der Waals surface area contributed by atoms with Crippen LogP contribution in [0.25, 0.3) is 0 Å². The zero-order valence-electron chi connectivity index (χ0n) is 16.3. The maximum Gasteiger partial charge on any atom is 0.196 e.